The molecule has 0 saturated carbocycles. The van der Waals surface area contributed by atoms with Gasteiger partial charge in [-0.3, -0.25) is 35.3 Å². The van der Waals surface area contributed by atoms with Gasteiger partial charge in [-0.1, -0.05) is 17.7 Å². The minimum Gasteiger partial charge on any atom is -0.742 e. The summed E-state index contributed by atoms with van der Waals surface area (Å²) >= 11 is 13.0. The number of carbonyl (C=O) groups is 2. The molecule has 1 aromatic rings. The molecule has 0 aliphatic rings. The zero-order chi connectivity index (χ0) is 28.6. The van der Waals surface area contributed by atoms with Gasteiger partial charge in [0.1, 0.15) is 0 Å². The summed E-state index contributed by atoms with van der Waals surface area (Å²) in [4.78, 5) is 19.1. The van der Waals surface area contributed by atoms with Crippen LogP contribution < -0.4 is 62.4 Å². The SMILES string of the molecule is CC(=O)[S-].CN.[CH2-]O.[CH2-]OS(=O)(=O)c1ccc(C)cc1.[CH2-]SC(C)=O.[CH2-]SCCl.[CH2-]SCNC.[K+].[Y].[Y].[Y].[Y].[Y]. The number of thioether (sulfide) groups is 3. The van der Waals surface area contributed by atoms with Gasteiger partial charge in [-0.15, -0.1) is 11.6 Å². The van der Waals surface area contributed by atoms with Gasteiger partial charge in [0.2, 0.25) is 0 Å². The summed E-state index contributed by atoms with van der Waals surface area (Å²) in [6, 6.07) is 6.36. The molecule has 0 aliphatic carbocycles. The van der Waals surface area contributed by atoms with Gasteiger partial charge in [0, 0.05) is 187 Å². The number of nitrogens with two attached hydrogens (primary N) is 1. The maximum atomic E-state index is 11.0. The Bertz CT molecular complexity index is 657. The first-order chi connectivity index (χ1) is 15.9. The molecular weight excluding hydrogens is 1040 g/mol. The Morgan fingerprint density at radius 1 is 1.00 bits per heavy atom. The molecule has 40 heavy (non-hydrogen) atoms. The maximum absolute atomic E-state index is 11.0. The second kappa shape index (κ2) is 71.9. The van der Waals surface area contributed by atoms with Crippen LogP contribution in [0, 0.1) is 39.9 Å². The van der Waals surface area contributed by atoms with Gasteiger partial charge in [0.15, 0.2) is 5.12 Å². The number of hydrogen-bond donors (Lipinski definition) is 3. The molecule has 0 aliphatic heterocycles. The fraction of sp³-hybridized carbons (Fsp3) is 0.350. The summed E-state index contributed by atoms with van der Waals surface area (Å²) in [5, 5.41) is 10.1. The molecule has 0 fully saturated rings. The standard InChI is InChI=1S/C8H9O3S.C3H8NS.C3H5OS.C2H4ClS.C2H4OS.CH5N.CH3O.K.5Y/c1-7-3-5-8(6-4-7)12(9,10)11-2;1-4-3-5-2;1-3(4)5-2;1-4-2-3;1-2(3)4;2*1-2;;;;;;/h3-6H,2H2,1H3;4H,2-3H2,1H3;2H2,1H3;1-2H2;1H3,(H,3,4);2H2,1H3;2H,1H2;;;;;;/q4*-1;;;-1;+1;;;;;/p-1. The first-order valence-corrected chi connectivity index (χ1v) is 14.2. The van der Waals surface area contributed by atoms with E-state index in [1.54, 1.807) is 23.9 Å². The minimum atomic E-state index is -3.63. The van der Waals surface area contributed by atoms with Crippen molar-refractivity contribution < 1.29 is 242 Å². The summed E-state index contributed by atoms with van der Waals surface area (Å²) in [6.07, 6.45) is 10.2. The number of alkyl halides is 1. The molecule has 0 atom stereocenters. The molecule has 0 spiro atoms. The van der Waals surface area contributed by atoms with E-state index in [4.69, 9.17) is 16.7 Å². The smallest absolute Gasteiger partial charge is 0.742 e. The van der Waals surface area contributed by atoms with E-state index in [1.165, 1.54) is 44.8 Å². The van der Waals surface area contributed by atoms with Crippen molar-refractivity contribution in [3.8, 4) is 0 Å². The Kier molecular flexibility index (Phi) is 146. The number of hydrogen-bond acceptors (Lipinski definition) is 12. The van der Waals surface area contributed by atoms with Gasteiger partial charge >= 0.3 is 51.4 Å². The predicted octanol–water partition coefficient (Wildman–Crippen LogP) is 1.74. The molecule has 4 N–H and O–H groups in total. The quantitative estimate of drug-likeness (QED) is 0.0992. The molecule has 8 nitrogen and oxygen atoms in total. The number of aliphatic hydroxyl groups excluding tert-OH is 1. The van der Waals surface area contributed by atoms with Crippen molar-refractivity contribution in [2.45, 2.75) is 25.7 Å². The molecule has 0 aromatic heterocycles. The second-order valence-electron chi connectivity index (χ2n) is 4.53. The van der Waals surface area contributed by atoms with Crippen LogP contribution in [0.25, 0.3) is 0 Å². The first kappa shape index (κ1) is 81.2. The van der Waals surface area contributed by atoms with Crippen LogP contribution in [0.2, 0.25) is 0 Å². The molecule has 1 rings (SSSR count). The van der Waals surface area contributed by atoms with Crippen molar-refractivity contribution in [3.63, 3.8) is 0 Å². The molecule has 0 saturated heterocycles. The number of nitrogens with one attached hydrogen (secondary N) is 1. The average Bonchev–Trinajstić information content (AvgIpc) is 2.83. The summed E-state index contributed by atoms with van der Waals surface area (Å²) in [5.41, 5.74) is 5.50. The average molecular weight is 1080 g/mol. The molecule has 0 bridgehead atoms. The number of aryl methyl sites for hydroxylation is 1. The summed E-state index contributed by atoms with van der Waals surface area (Å²) in [5.74, 6) is 0.944. The van der Waals surface area contributed by atoms with E-state index in [9.17, 15) is 18.0 Å². The van der Waals surface area contributed by atoms with Crippen LogP contribution in [0.4, 0.5) is 0 Å². The van der Waals surface area contributed by atoms with Gasteiger partial charge in [-0.2, -0.15) is 8.42 Å². The van der Waals surface area contributed by atoms with Crippen LogP contribution in [0.1, 0.15) is 19.4 Å². The van der Waals surface area contributed by atoms with Gasteiger partial charge in [0.05, 0.1) is 4.90 Å². The predicted molar refractivity (Wildman–Crippen MR) is 154 cm³/mol. The van der Waals surface area contributed by atoms with Crippen molar-refractivity contribution in [1.82, 2.24) is 5.32 Å². The number of benzene rings is 1. The van der Waals surface area contributed by atoms with Crippen LogP contribution in [-0.2, 0) is 200 Å². The van der Waals surface area contributed by atoms with Gasteiger partial charge in [0.25, 0.3) is 10.1 Å². The van der Waals surface area contributed by atoms with Crippen LogP contribution >= 0.6 is 46.9 Å². The topological polar surface area (TPSA) is 136 Å². The van der Waals surface area contributed by atoms with E-state index in [1.807, 2.05) is 14.0 Å². The third kappa shape index (κ3) is 90.7. The number of halogens is 1. The van der Waals surface area contributed by atoms with Gasteiger partial charge in [-0.05, 0) is 40.1 Å². The van der Waals surface area contributed by atoms with E-state index in [2.05, 4.69) is 60.8 Å². The fourth-order valence-corrected chi connectivity index (χ4v) is 1.68. The third-order valence-electron chi connectivity index (χ3n) is 1.99. The van der Waals surface area contributed by atoms with Crippen LogP contribution in [0.5, 0.6) is 0 Å². The van der Waals surface area contributed by atoms with Crippen molar-refractivity contribution >= 4 is 79.9 Å². The minimum absolute atomic E-state index is 0. The largest absolute Gasteiger partial charge is 1.00 e. The Morgan fingerprint density at radius 3 is 1.40 bits per heavy atom. The normalized spacial score (nSPS) is 7.12. The molecule has 0 amide bonds. The molecular formula is C20H37ClKN2O6S5Y5-5. The molecule has 1 aromatic carbocycles. The maximum Gasteiger partial charge on any atom is 1.00 e. The molecule has 0 heterocycles. The van der Waals surface area contributed by atoms with E-state index in [-0.39, 0.29) is 230 Å². The zero-order valence-corrected chi connectivity index (χ0v) is 46.3. The van der Waals surface area contributed by atoms with Gasteiger partial charge in [-0.25, -0.2) is 14.2 Å². The number of carbonyl (C=O) groups excluding carboxylic acids is 2. The van der Waals surface area contributed by atoms with E-state index in [0.29, 0.717) is 5.21 Å². The monoisotopic (exact) mass is 1080 g/mol. The van der Waals surface area contributed by atoms with E-state index < -0.39 is 10.1 Å². The molecule has 20 heteroatoms. The summed E-state index contributed by atoms with van der Waals surface area (Å²) in [6.45, 7) is 4.70. The Morgan fingerprint density at radius 2 is 1.27 bits per heavy atom. The summed E-state index contributed by atoms with van der Waals surface area (Å²) < 4.78 is 26.1. The number of rotatable bonds is 5. The Balaban J connectivity index is -0.0000000245. The van der Waals surface area contributed by atoms with Crippen LogP contribution in [-0.4, -0.2) is 48.9 Å². The fourth-order valence-electron chi connectivity index (χ4n) is 0.875. The first-order valence-electron chi connectivity index (χ1n) is 8.59. The third-order valence-corrected chi connectivity index (χ3v) is 4.67. The van der Waals surface area contributed by atoms with Crippen molar-refractivity contribution in [2.24, 2.45) is 5.73 Å². The molecule has 221 valence electrons. The van der Waals surface area contributed by atoms with E-state index >= 15 is 0 Å². The van der Waals surface area contributed by atoms with Crippen LogP contribution in [0.15, 0.2) is 29.2 Å². The van der Waals surface area contributed by atoms with Crippen LogP contribution in [0.3, 0.4) is 0 Å². The van der Waals surface area contributed by atoms with Crippen molar-refractivity contribution in [1.29, 1.82) is 0 Å². The van der Waals surface area contributed by atoms with E-state index in [0.717, 1.165) is 23.2 Å². The zero-order valence-electron chi connectivity index (χ0n) is 24.1. The second-order valence-corrected chi connectivity index (χ2v) is 9.56. The van der Waals surface area contributed by atoms with Crippen molar-refractivity contribution in [2.75, 3.05) is 25.2 Å². The van der Waals surface area contributed by atoms with Crippen molar-refractivity contribution in [3.05, 3.63) is 62.8 Å². The van der Waals surface area contributed by atoms with Gasteiger partial charge < -0.3 is 61.3 Å². The Labute approximate surface area is 436 Å². The number of aliphatic hydroxyl groups is 1. The molecule has 5 radical (unpaired) electrons. The molecule has 0 unspecified atom stereocenters. The Hall–Kier alpha value is 7.07. The summed E-state index contributed by atoms with van der Waals surface area (Å²) in [7, 11) is 4.89.